The standard InChI is InChI=1S/C20H20F2N4O3/c1-13-18(25-26(24-13)15-6-4-3-5-7-15)19(27)23-11-10-14-8-9-16(29-20(21)22)17(12-14)28-2/h3-9,12,20H,10-11H2,1-2H3,(H,23,27). The van der Waals surface area contributed by atoms with Gasteiger partial charge in [-0.15, -0.1) is 5.10 Å². The van der Waals surface area contributed by atoms with E-state index in [4.69, 9.17) is 4.74 Å². The van der Waals surface area contributed by atoms with Crippen LogP contribution >= 0.6 is 0 Å². The number of carbonyl (C=O) groups is 1. The van der Waals surface area contributed by atoms with Crippen molar-refractivity contribution in [3.8, 4) is 17.2 Å². The van der Waals surface area contributed by atoms with Gasteiger partial charge < -0.3 is 14.8 Å². The zero-order valence-electron chi connectivity index (χ0n) is 15.9. The summed E-state index contributed by atoms with van der Waals surface area (Å²) in [6.45, 7) is -0.885. The Morgan fingerprint density at radius 1 is 1.14 bits per heavy atom. The van der Waals surface area contributed by atoms with Gasteiger partial charge in [0, 0.05) is 6.54 Å². The highest BCUT2D eigenvalue weighted by molar-refractivity contribution is 5.93. The van der Waals surface area contributed by atoms with Crippen LogP contribution in [0.25, 0.3) is 5.69 Å². The molecule has 0 aliphatic carbocycles. The molecular weight excluding hydrogens is 382 g/mol. The van der Waals surface area contributed by atoms with Crippen LogP contribution in [-0.4, -0.2) is 41.2 Å². The molecule has 1 aromatic heterocycles. The number of aromatic nitrogens is 3. The Bertz CT molecular complexity index is 977. The number of nitrogens with one attached hydrogen (secondary N) is 1. The number of alkyl halides is 2. The quantitative estimate of drug-likeness (QED) is 0.626. The second-order valence-corrected chi connectivity index (χ2v) is 6.13. The number of carbonyl (C=O) groups excluding carboxylic acids is 1. The molecule has 0 aliphatic rings. The van der Waals surface area contributed by atoms with Crippen LogP contribution in [0.2, 0.25) is 0 Å². The number of ether oxygens (including phenoxy) is 2. The minimum Gasteiger partial charge on any atom is -0.493 e. The van der Waals surface area contributed by atoms with Gasteiger partial charge in [0.05, 0.1) is 18.5 Å². The van der Waals surface area contributed by atoms with Gasteiger partial charge >= 0.3 is 6.61 Å². The zero-order valence-corrected chi connectivity index (χ0v) is 15.9. The van der Waals surface area contributed by atoms with Crippen molar-refractivity contribution in [1.29, 1.82) is 0 Å². The third-order valence-corrected chi connectivity index (χ3v) is 4.13. The molecule has 0 unspecified atom stereocenters. The highest BCUT2D eigenvalue weighted by Gasteiger charge is 2.16. The van der Waals surface area contributed by atoms with Crippen LogP contribution in [0.15, 0.2) is 48.5 Å². The fraction of sp³-hybridized carbons (Fsp3) is 0.250. The number of rotatable bonds is 8. The van der Waals surface area contributed by atoms with Crippen LogP contribution in [0.1, 0.15) is 21.7 Å². The summed E-state index contributed by atoms with van der Waals surface area (Å²) in [5.74, 6) is -0.173. The largest absolute Gasteiger partial charge is 0.493 e. The molecule has 0 saturated carbocycles. The number of nitrogens with zero attached hydrogens (tertiary/aromatic N) is 3. The second-order valence-electron chi connectivity index (χ2n) is 6.13. The molecule has 3 rings (SSSR count). The molecule has 9 heteroatoms. The summed E-state index contributed by atoms with van der Waals surface area (Å²) in [6, 6.07) is 13.9. The summed E-state index contributed by atoms with van der Waals surface area (Å²) in [6.07, 6.45) is 0.475. The number of methoxy groups -OCH3 is 1. The molecule has 0 bridgehead atoms. The number of hydrogen-bond donors (Lipinski definition) is 1. The lowest BCUT2D eigenvalue weighted by atomic mass is 10.1. The van der Waals surface area contributed by atoms with Crippen LogP contribution in [0.5, 0.6) is 11.5 Å². The maximum Gasteiger partial charge on any atom is 0.387 e. The lowest BCUT2D eigenvalue weighted by Crippen LogP contribution is -2.26. The normalized spacial score (nSPS) is 10.8. The van der Waals surface area contributed by atoms with Crippen LogP contribution in [-0.2, 0) is 6.42 Å². The molecule has 3 aromatic rings. The number of benzene rings is 2. The van der Waals surface area contributed by atoms with Crippen molar-refractivity contribution in [3.05, 3.63) is 65.5 Å². The van der Waals surface area contributed by atoms with E-state index < -0.39 is 6.61 Å². The van der Waals surface area contributed by atoms with Crippen LogP contribution in [0, 0.1) is 6.92 Å². The fourth-order valence-electron chi connectivity index (χ4n) is 2.73. The SMILES string of the molecule is COc1cc(CCNC(=O)c2nn(-c3ccccc3)nc2C)ccc1OC(F)F. The highest BCUT2D eigenvalue weighted by atomic mass is 19.3. The first-order valence-electron chi connectivity index (χ1n) is 8.87. The molecule has 2 aromatic carbocycles. The van der Waals surface area contributed by atoms with E-state index in [1.165, 1.54) is 18.0 Å². The van der Waals surface area contributed by atoms with Gasteiger partial charge in [-0.3, -0.25) is 4.79 Å². The predicted octanol–water partition coefficient (Wildman–Crippen LogP) is 3.16. The summed E-state index contributed by atoms with van der Waals surface area (Å²) in [5, 5.41) is 11.3. The molecule has 152 valence electrons. The van der Waals surface area contributed by atoms with Gasteiger partial charge in [0.15, 0.2) is 17.2 Å². The Morgan fingerprint density at radius 3 is 2.59 bits per heavy atom. The Balaban J connectivity index is 1.61. The highest BCUT2D eigenvalue weighted by Crippen LogP contribution is 2.29. The van der Waals surface area contributed by atoms with Gasteiger partial charge in [-0.1, -0.05) is 24.3 Å². The molecule has 0 fully saturated rings. The molecule has 0 radical (unpaired) electrons. The van der Waals surface area contributed by atoms with Crippen molar-refractivity contribution in [3.63, 3.8) is 0 Å². The van der Waals surface area contributed by atoms with Crippen molar-refractivity contribution in [2.24, 2.45) is 0 Å². The number of amides is 1. The fourth-order valence-corrected chi connectivity index (χ4v) is 2.73. The Hall–Kier alpha value is -3.49. The maximum absolute atomic E-state index is 12.4. The Labute approximate surface area is 166 Å². The Morgan fingerprint density at radius 2 is 1.90 bits per heavy atom. The summed E-state index contributed by atoms with van der Waals surface area (Å²) >= 11 is 0. The average Bonchev–Trinajstić information content (AvgIpc) is 3.11. The molecule has 7 nitrogen and oxygen atoms in total. The summed E-state index contributed by atoms with van der Waals surface area (Å²) < 4.78 is 34.3. The van der Waals surface area contributed by atoms with Gasteiger partial charge in [0.25, 0.3) is 5.91 Å². The number of aryl methyl sites for hydroxylation is 1. The average molecular weight is 402 g/mol. The van der Waals surface area contributed by atoms with Crippen molar-refractivity contribution < 1.29 is 23.0 Å². The molecule has 1 heterocycles. The van der Waals surface area contributed by atoms with E-state index in [0.717, 1.165) is 11.3 Å². The van der Waals surface area contributed by atoms with E-state index in [2.05, 4.69) is 20.3 Å². The molecule has 0 saturated heterocycles. The molecule has 29 heavy (non-hydrogen) atoms. The minimum absolute atomic E-state index is 0.0385. The third-order valence-electron chi connectivity index (χ3n) is 4.13. The zero-order chi connectivity index (χ0) is 20.8. The van der Waals surface area contributed by atoms with Crippen molar-refractivity contribution >= 4 is 5.91 Å². The number of para-hydroxylation sites is 1. The minimum atomic E-state index is -2.93. The lowest BCUT2D eigenvalue weighted by Gasteiger charge is -2.11. The van der Waals surface area contributed by atoms with Crippen molar-refractivity contribution in [2.45, 2.75) is 20.0 Å². The van der Waals surface area contributed by atoms with Gasteiger partial charge in [0.1, 0.15) is 0 Å². The monoisotopic (exact) mass is 402 g/mol. The second kappa shape index (κ2) is 9.13. The molecular formula is C20H20F2N4O3. The van der Waals surface area contributed by atoms with Gasteiger partial charge in [0.2, 0.25) is 0 Å². The summed E-state index contributed by atoms with van der Waals surface area (Å²) in [7, 11) is 1.37. The van der Waals surface area contributed by atoms with E-state index >= 15 is 0 Å². The number of hydrogen-bond acceptors (Lipinski definition) is 5. The molecule has 0 aliphatic heterocycles. The molecule has 0 spiro atoms. The van der Waals surface area contributed by atoms with Crippen molar-refractivity contribution in [1.82, 2.24) is 20.3 Å². The lowest BCUT2D eigenvalue weighted by molar-refractivity contribution is -0.0512. The van der Waals surface area contributed by atoms with Gasteiger partial charge in [-0.2, -0.15) is 18.7 Å². The van der Waals surface area contributed by atoms with Gasteiger partial charge in [-0.25, -0.2) is 0 Å². The third kappa shape index (κ3) is 5.07. The van der Waals surface area contributed by atoms with Crippen LogP contribution in [0.4, 0.5) is 8.78 Å². The van der Waals surface area contributed by atoms with E-state index in [9.17, 15) is 13.6 Å². The van der Waals surface area contributed by atoms with Crippen LogP contribution < -0.4 is 14.8 Å². The van der Waals surface area contributed by atoms with E-state index in [-0.39, 0.29) is 23.1 Å². The topological polar surface area (TPSA) is 78.3 Å². The summed E-state index contributed by atoms with van der Waals surface area (Å²) in [4.78, 5) is 13.9. The van der Waals surface area contributed by atoms with Gasteiger partial charge in [-0.05, 0) is 43.2 Å². The molecule has 1 amide bonds. The predicted molar refractivity (Wildman–Crippen MR) is 102 cm³/mol. The Kier molecular flexibility index (Phi) is 6.38. The number of halogens is 2. The summed E-state index contributed by atoms with van der Waals surface area (Å²) in [5.41, 5.74) is 2.31. The molecule has 1 N–H and O–H groups in total. The van der Waals surface area contributed by atoms with E-state index in [0.29, 0.717) is 18.7 Å². The first kappa shape index (κ1) is 20.2. The first-order valence-corrected chi connectivity index (χ1v) is 8.87. The van der Waals surface area contributed by atoms with E-state index in [1.807, 2.05) is 30.3 Å². The molecule has 0 atom stereocenters. The van der Waals surface area contributed by atoms with Crippen LogP contribution in [0.3, 0.4) is 0 Å². The van der Waals surface area contributed by atoms with E-state index in [1.54, 1.807) is 19.1 Å². The first-order chi connectivity index (χ1) is 14.0. The smallest absolute Gasteiger partial charge is 0.387 e. The van der Waals surface area contributed by atoms with Crippen molar-refractivity contribution in [2.75, 3.05) is 13.7 Å². The maximum atomic E-state index is 12.4.